The number of rotatable bonds is 7. The Hall–Kier alpha value is -2.09. The molecule has 2 aliphatic heterocycles. The number of aliphatic hydroxyl groups excluding tert-OH is 5. The lowest BCUT2D eigenvalue weighted by Gasteiger charge is -2.44. The Balaban J connectivity index is 2.31. The Morgan fingerprint density at radius 2 is 1.77 bits per heavy atom. The summed E-state index contributed by atoms with van der Waals surface area (Å²) in [6.45, 7) is 0.00254. The molecule has 0 spiro atoms. The zero-order valence-electron chi connectivity index (χ0n) is 15.6. The maximum atomic E-state index is 11.3. The van der Waals surface area contributed by atoms with Crippen molar-refractivity contribution in [2.45, 2.75) is 56.1 Å². The number of aliphatic hydroxyl groups is 5. The number of carbonyl (C=O) groups excluding carboxylic acids is 1. The molecule has 0 aliphatic carbocycles. The molecule has 178 valence electrons. The van der Waals surface area contributed by atoms with Crippen LogP contribution in [-0.4, -0.2) is 111 Å². The zero-order valence-corrected chi connectivity index (χ0v) is 16.4. The third-order valence-corrected chi connectivity index (χ3v) is 4.71. The van der Waals surface area contributed by atoms with Crippen molar-refractivity contribution in [3.63, 3.8) is 0 Å². The molecular formula is C14H21NO15S. The van der Waals surface area contributed by atoms with E-state index in [2.05, 4.69) is 9.50 Å². The molecule has 2 aliphatic rings. The molecule has 8 atom stereocenters. The van der Waals surface area contributed by atoms with Crippen LogP contribution in [0.4, 0.5) is 0 Å². The summed E-state index contributed by atoms with van der Waals surface area (Å²) >= 11 is 0. The molecule has 0 bridgehead atoms. The number of carboxylic acid groups (broad SMARTS) is 1. The van der Waals surface area contributed by atoms with Gasteiger partial charge in [-0.25, -0.2) is 8.98 Å². The highest BCUT2D eigenvalue weighted by Gasteiger charge is 2.50. The van der Waals surface area contributed by atoms with Crippen LogP contribution in [0.25, 0.3) is 0 Å². The molecule has 1 amide bonds. The molecule has 2 rings (SSSR count). The van der Waals surface area contributed by atoms with Crippen molar-refractivity contribution in [3.8, 4) is 0 Å². The SMILES string of the molecule is CC(=O)N[C@@H]1[C@@H](O)[C@H](O[C@H]2OC(C(=O)O)=C(O)[C@H](O)[C@H]2O)[C@@H](COS(=O)(=O)O)O[C@H]1O. The van der Waals surface area contributed by atoms with Crippen LogP contribution >= 0.6 is 0 Å². The molecule has 1 saturated heterocycles. The van der Waals surface area contributed by atoms with Crippen molar-refractivity contribution >= 4 is 22.3 Å². The molecule has 0 aromatic heterocycles. The van der Waals surface area contributed by atoms with Crippen LogP contribution in [0.3, 0.4) is 0 Å². The highest BCUT2D eigenvalue weighted by Crippen LogP contribution is 2.30. The van der Waals surface area contributed by atoms with Crippen LogP contribution in [0, 0.1) is 0 Å². The van der Waals surface area contributed by atoms with E-state index in [1.165, 1.54) is 0 Å². The van der Waals surface area contributed by atoms with Crippen LogP contribution in [0.1, 0.15) is 6.92 Å². The first-order valence-corrected chi connectivity index (χ1v) is 9.84. The van der Waals surface area contributed by atoms with Crippen LogP contribution in [0.5, 0.6) is 0 Å². The summed E-state index contributed by atoms with van der Waals surface area (Å²) < 4.78 is 49.7. The lowest BCUT2D eigenvalue weighted by molar-refractivity contribution is -0.308. The summed E-state index contributed by atoms with van der Waals surface area (Å²) in [7, 11) is -5.00. The van der Waals surface area contributed by atoms with Crippen LogP contribution in [-0.2, 0) is 38.4 Å². The lowest BCUT2D eigenvalue weighted by atomic mass is 9.96. The smallest absolute Gasteiger partial charge is 0.397 e. The van der Waals surface area contributed by atoms with E-state index >= 15 is 0 Å². The number of hydrogen-bond donors (Lipinski definition) is 8. The molecule has 16 nitrogen and oxygen atoms in total. The zero-order chi connectivity index (χ0) is 23.7. The summed E-state index contributed by atoms with van der Waals surface area (Å²) in [5.74, 6) is -4.95. The molecule has 8 N–H and O–H groups in total. The molecule has 1 fully saturated rings. The van der Waals surface area contributed by atoms with Gasteiger partial charge in [-0.2, -0.15) is 8.42 Å². The standard InChI is InChI=1S/C14H21NO15S/c1-3(16)15-5-6(17)10(4(28-13(5)23)2-27-31(24,25)26)29-14-9(20)7(18)8(19)11(30-14)12(21)22/h4-7,9-10,13-14,17-20,23H,2H2,1H3,(H,15,16)(H,21,22)(H,24,25,26)/t4-,5-,6-,7+,9-,10-,13-,14+/m1/s1. The summed E-state index contributed by atoms with van der Waals surface area (Å²) in [6.07, 6.45) is -13.6. The minimum absolute atomic E-state index is 0.719. The summed E-state index contributed by atoms with van der Waals surface area (Å²) in [6, 6.07) is -1.54. The van der Waals surface area contributed by atoms with Gasteiger partial charge in [-0.1, -0.05) is 0 Å². The molecule has 31 heavy (non-hydrogen) atoms. The van der Waals surface area contributed by atoms with Gasteiger partial charge in [-0.05, 0) is 0 Å². The lowest BCUT2D eigenvalue weighted by Crippen LogP contribution is -2.66. The van der Waals surface area contributed by atoms with Gasteiger partial charge in [0.05, 0.1) is 6.61 Å². The average molecular weight is 475 g/mol. The van der Waals surface area contributed by atoms with Crippen LogP contribution in [0.15, 0.2) is 11.5 Å². The fourth-order valence-corrected chi connectivity index (χ4v) is 3.20. The van der Waals surface area contributed by atoms with E-state index in [1.807, 2.05) is 0 Å². The molecule has 0 aromatic carbocycles. The van der Waals surface area contributed by atoms with Gasteiger partial charge in [-0.3, -0.25) is 9.35 Å². The molecule has 0 aromatic rings. The third-order valence-electron chi connectivity index (χ3n) is 4.28. The second-order valence-electron chi connectivity index (χ2n) is 6.54. The van der Waals surface area contributed by atoms with Crippen LogP contribution in [0.2, 0.25) is 0 Å². The van der Waals surface area contributed by atoms with Gasteiger partial charge in [0.15, 0.2) is 12.0 Å². The maximum Gasteiger partial charge on any atom is 0.397 e. The minimum atomic E-state index is -5.00. The maximum absolute atomic E-state index is 11.3. The van der Waals surface area contributed by atoms with E-state index in [0.29, 0.717) is 0 Å². The quantitative estimate of drug-likeness (QED) is 0.162. The Bertz CT molecular complexity index is 828. The first kappa shape index (κ1) is 25.2. The van der Waals surface area contributed by atoms with E-state index in [1.54, 1.807) is 0 Å². The van der Waals surface area contributed by atoms with Crippen molar-refractivity contribution < 1.29 is 71.6 Å². The number of carboxylic acids is 1. The average Bonchev–Trinajstić information content (AvgIpc) is 2.64. The predicted octanol–water partition coefficient (Wildman–Crippen LogP) is -4.29. The number of carbonyl (C=O) groups is 2. The molecule has 0 unspecified atom stereocenters. The van der Waals surface area contributed by atoms with E-state index in [-0.39, 0.29) is 0 Å². The monoisotopic (exact) mass is 475 g/mol. The fourth-order valence-electron chi connectivity index (χ4n) is 2.90. The largest absolute Gasteiger partial charge is 0.506 e. The predicted molar refractivity (Wildman–Crippen MR) is 91.0 cm³/mol. The highest BCUT2D eigenvalue weighted by atomic mass is 32.3. The van der Waals surface area contributed by atoms with Crippen molar-refractivity contribution in [2.75, 3.05) is 6.61 Å². The van der Waals surface area contributed by atoms with Gasteiger partial charge in [0.2, 0.25) is 18.0 Å². The topological polar surface area (TPSA) is 259 Å². The number of ether oxygens (including phenoxy) is 3. The van der Waals surface area contributed by atoms with Gasteiger partial charge in [-0.15, -0.1) is 0 Å². The second kappa shape index (κ2) is 9.59. The molecular weight excluding hydrogens is 454 g/mol. The first-order chi connectivity index (χ1) is 14.2. The Morgan fingerprint density at radius 3 is 2.29 bits per heavy atom. The number of aliphatic carboxylic acids is 1. The van der Waals surface area contributed by atoms with Crippen molar-refractivity contribution in [1.29, 1.82) is 0 Å². The van der Waals surface area contributed by atoms with Gasteiger partial charge >= 0.3 is 16.4 Å². The number of nitrogens with one attached hydrogen (secondary N) is 1. The van der Waals surface area contributed by atoms with Gasteiger partial charge in [0.25, 0.3) is 0 Å². The minimum Gasteiger partial charge on any atom is -0.506 e. The van der Waals surface area contributed by atoms with Crippen molar-refractivity contribution in [3.05, 3.63) is 11.5 Å². The Morgan fingerprint density at radius 1 is 1.16 bits per heavy atom. The van der Waals surface area contributed by atoms with Gasteiger partial charge in [0.1, 0.15) is 36.6 Å². The van der Waals surface area contributed by atoms with Crippen molar-refractivity contribution in [2.24, 2.45) is 0 Å². The second-order valence-corrected chi connectivity index (χ2v) is 7.63. The van der Waals surface area contributed by atoms with Crippen molar-refractivity contribution in [1.82, 2.24) is 5.32 Å². The molecule has 2 heterocycles. The van der Waals surface area contributed by atoms with E-state index in [0.717, 1.165) is 6.92 Å². The van der Waals surface area contributed by atoms with E-state index in [4.69, 9.17) is 23.9 Å². The highest BCUT2D eigenvalue weighted by molar-refractivity contribution is 7.80. The summed E-state index contributed by atoms with van der Waals surface area (Å²) in [5.41, 5.74) is 0. The Kier molecular flexibility index (Phi) is 7.79. The number of amides is 1. The van der Waals surface area contributed by atoms with E-state index < -0.39 is 89.5 Å². The summed E-state index contributed by atoms with van der Waals surface area (Å²) in [4.78, 5) is 22.5. The number of hydrogen-bond acceptors (Lipinski definition) is 13. The molecule has 0 radical (unpaired) electrons. The normalized spacial score (nSPS) is 36.6. The molecule has 17 heteroatoms. The van der Waals surface area contributed by atoms with Gasteiger partial charge < -0.3 is 50.2 Å². The third kappa shape index (κ3) is 5.99. The molecule has 0 saturated carbocycles. The fraction of sp³-hybridized carbons (Fsp3) is 0.714. The van der Waals surface area contributed by atoms with Gasteiger partial charge in [0, 0.05) is 6.92 Å². The Labute approximate surface area is 174 Å². The van der Waals surface area contributed by atoms with Crippen LogP contribution < -0.4 is 5.32 Å². The van der Waals surface area contributed by atoms with E-state index in [9.17, 15) is 43.5 Å². The summed E-state index contributed by atoms with van der Waals surface area (Å²) in [5, 5.41) is 61.1. The first-order valence-electron chi connectivity index (χ1n) is 8.48.